The van der Waals surface area contributed by atoms with Crippen molar-refractivity contribution in [1.82, 2.24) is 9.66 Å². The molecule has 0 amide bonds. The number of benzene rings is 3. The largest absolute Gasteiger partial charge is 0.496 e. The summed E-state index contributed by atoms with van der Waals surface area (Å²) in [5.41, 5.74) is 2.53. The van der Waals surface area contributed by atoms with Crippen molar-refractivity contribution in [3.8, 4) is 28.6 Å². The maximum absolute atomic E-state index is 13.8. The molecule has 0 aliphatic heterocycles. The van der Waals surface area contributed by atoms with Gasteiger partial charge in [-0.15, -0.1) is 0 Å². The minimum Gasteiger partial charge on any atom is -0.496 e. The van der Waals surface area contributed by atoms with E-state index in [1.165, 1.54) is 24.1 Å². The lowest BCUT2D eigenvalue weighted by molar-refractivity contribution is -0.386. The molecule has 0 bridgehead atoms. The Bertz CT molecular complexity index is 1730. The van der Waals surface area contributed by atoms with Gasteiger partial charge in [0.15, 0.2) is 11.6 Å². The quantitative estimate of drug-likeness (QED) is 0.124. The first-order chi connectivity index (χ1) is 19.8. The monoisotopic (exact) mass is 572 g/mol. The molecule has 0 N–H and O–H groups in total. The average molecular weight is 573 g/mol. The van der Waals surface area contributed by atoms with E-state index >= 15 is 0 Å². The van der Waals surface area contributed by atoms with E-state index in [2.05, 4.69) is 18.9 Å². The van der Waals surface area contributed by atoms with Crippen LogP contribution in [0.15, 0.2) is 58.4 Å². The molecule has 0 saturated carbocycles. The molecule has 4 aromatic rings. The highest BCUT2D eigenvalue weighted by Gasteiger charge is 2.24. The molecule has 4 rings (SSSR count). The SMILES string of the molecule is COc1cc(C)c(-c2nc3ccccc3c(=O)n2N=Cc2cc(OC)c(OCC(C)(C)C)c([N+](=O)[O-])c2)cc1C(C)C. The van der Waals surface area contributed by atoms with Crippen molar-refractivity contribution in [3.05, 3.63) is 85.7 Å². The third-order valence-electron chi connectivity index (χ3n) is 6.64. The van der Waals surface area contributed by atoms with Crippen LogP contribution >= 0.6 is 0 Å². The number of aromatic nitrogens is 2. The number of fused-ring (bicyclic) bond motifs is 1. The number of aryl methyl sites for hydroxylation is 1. The number of rotatable bonds is 9. The Morgan fingerprint density at radius 2 is 1.76 bits per heavy atom. The normalized spacial score (nSPS) is 11.8. The van der Waals surface area contributed by atoms with Gasteiger partial charge in [0.25, 0.3) is 5.56 Å². The standard InChI is InChI=1S/C32H36N4O6/c1-19(2)23-16-24(20(3)13-27(23)40-7)30-34-25-12-10-9-11-22(25)31(37)35(30)33-17-21-14-26(36(38)39)29(28(15-21)41-8)42-18-32(4,5)6/h9-17,19H,18H2,1-8H3. The van der Waals surface area contributed by atoms with Gasteiger partial charge in [0.1, 0.15) is 5.75 Å². The average Bonchev–Trinajstić information content (AvgIpc) is 2.94. The lowest BCUT2D eigenvalue weighted by Gasteiger charge is -2.20. The first-order valence-corrected chi connectivity index (χ1v) is 13.6. The first kappa shape index (κ1) is 30.2. The summed E-state index contributed by atoms with van der Waals surface area (Å²) in [5, 5.41) is 16.9. The van der Waals surface area contributed by atoms with E-state index in [1.54, 1.807) is 31.4 Å². The van der Waals surface area contributed by atoms with E-state index in [1.807, 2.05) is 45.9 Å². The van der Waals surface area contributed by atoms with E-state index in [0.717, 1.165) is 16.9 Å². The highest BCUT2D eigenvalue weighted by atomic mass is 16.6. The Labute approximate surface area is 244 Å². The summed E-state index contributed by atoms with van der Waals surface area (Å²) in [6.45, 7) is 12.2. The maximum atomic E-state index is 13.8. The topological polar surface area (TPSA) is 118 Å². The van der Waals surface area contributed by atoms with Gasteiger partial charge in [-0.1, -0.05) is 46.8 Å². The summed E-state index contributed by atoms with van der Waals surface area (Å²) in [7, 11) is 3.04. The van der Waals surface area contributed by atoms with E-state index < -0.39 is 4.92 Å². The van der Waals surface area contributed by atoms with Crippen molar-refractivity contribution in [1.29, 1.82) is 0 Å². The van der Waals surface area contributed by atoms with Crippen molar-refractivity contribution in [2.24, 2.45) is 10.5 Å². The molecular formula is C32H36N4O6. The Balaban J connectivity index is 1.92. The molecule has 1 aromatic heterocycles. The minimum absolute atomic E-state index is 0.0369. The number of hydrogen-bond donors (Lipinski definition) is 0. The van der Waals surface area contributed by atoms with Crippen molar-refractivity contribution in [3.63, 3.8) is 0 Å². The molecule has 0 aliphatic carbocycles. The Kier molecular flexibility index (Phi) is 8.65. The Morgan fingerprint density at radius 3 is 2.38 bits per heavy atom. The van der Waals surface area contributed by atoms with Crippen LogP contribution in [0.5, 0.6) is 17.2 Å². The summed E-state index contributed by atoms with van der Waals surface area (Å²) < 4.78 is 18.1. The summed E-state index contributed by atoms with van der Waals surface area (Å²) in [6.07, 6.45) is 1.38. The number of para-hydroxylation sites is 1. The summed E-state index contributed by atoms with van der Waals surface area (Å²) >= 11 is 0. The van der Waals surface area contributed by atoms with E-state index in [4.69, 9.17) is 19.2 Å². The Hall–Kier alpha value is -4.73. The van der Waals surface area contributed by atoms with Gasteiger partial charge in [0.05, 0.1) is 42.9 Å². The molecule has 0 spiro atoms. The van der Waals surface area contributed by atoms with Gasteiger partial charge in [-0.3, -0.25) is 14.9 Å². The van der Waals surface area contributed by atoms with Crippen molar-refractivity contribution < 1.29 is 19.1 Å². The molecule has 3 aromatic carbocycles. The smallest absolute Gasteiger partial charge is 0.315 e. The molecule has 0 atom stereocenters. The third kappa shape index (κ3) is 6.27. The summed E-state index contributed by atoms with van der Waals surface area (Å²) in [4.78, 5) is 30.1. The van der Waals surface area contributed by atoms with Crippen LogP contribution in [0.3, 0.4) is 0 Å². The van der Waals surface area contributed by atoms with Gasteiger partial charge in [-0.05, 0) is 59.7 Å². The first-order valence-electron chi connectivity index (χ1n) is 13.6. The van der Waals surface area contributed by atoms with Crippen LogP contribution in [-0.2, 0) is 0 Å². The third-order valence-corrected chi connectivity index (χ3v) is 6.64. The second-order valence-corrected chi connectivity index (χ2v) is 11.6. The Morgan fingerprint density at radius 1 is 1.07 bits per heavy atom. The van der Waals surface area contributed by atoms with E-state index in [-0.39, 0.29) is 40.7 Å². The van der Waals surface area contributed by atoms with Crippen LogP contribution in [0.2, 0.25) is 0 Å². The van der Waals surface area contributed by atoms with Crippen LogP contribution in [-0.4, -0.2) is 41.6 Å². The van der Waals surface area contributed by atoms with Crippen molar-refractivity contribution >= 4 is 22.8 Å². The lowest BCUT2D eigenvalue weighted by atomic mass is 9.96. The van der Waals surface area contributed by atoms with E-state index in [0.29, 0.717) is 27.9 Å². The zero-order valence-corrected chi connectivity index (χ0v) is 25.2. The lowest BCUT2D eigenvalue weighted by Crippen LogP contribution is -2.21. The highest BCUT2D eigenvalue weighted by molar-refractivity contribution is 5.84. The van der Waals surface area contributed by atoms with Gasteiger partial charge in [-0.2, -0.15) is 9.78 Å². The van der Waals surface area contributed by atoms with Crippen LogP contribution in [0, 0.1) is 22.5 Å². The molecule has 42 heavy (non-hydrogen) atoms. The number of methoxy groups -OCH3 is 2. The number of nitro groups is 1. The highest BCUT2D eigenvalue weighted by Crippen LogP contribution is 2.39. The van der Waals surface area contributed by atoms with Crippen molar-refractivity contribution in [2.75, 3.05) is 20.8 Å². The van der Waals surface area contributed by atoms with Gasteiger partial charge in [0.2, 0.25) is 5.75 Å². The zero-order valence-electron chi connectivity index (χ0n) is 25.2. The molecule has 0 radical (unpaired) electrons. The molecular weight excluding hydrogens is 536 g/mol. The maximum Gasteiger partial charge on any atom is 0.315 e. The fourth-order valence-electron chi connectivity index (χ4n) is 4.50. The molecule has 0 fully saturated rings. The minimum atomic E-state index is -0.527. The molecule has 0 aliphatic rings. The fraction of sp³-hybridized carbons (Fsp3) is 0.344. The van der Waals surface area contributed by atoms with E-state index in [9.17, 15) is 14.9 Å². The zero-order chi connectivity index (χ0) is 30.8. The molecule has 10 nitrogen and oxygen atoms in total. The molecule has 10 heteroatoms. The summed E-state index contributed by atoms with van der Waals surface area (Å²) in [6, 6.07) is 13.9. The van der Waals surface area contributed by atoms with Crippen molar-refractivity contribution in [2.45, 2.75) is 47.5 Å². The molecule has 1 heterocycles. The van der Waals surface area contributed by atoms with Crippen LogP contribution in [0.1, 0.15) is 57.2 Å². The molecule has 220 valence electrons. The van der Waals surface area contributed by atoms with Gasteiger partial charge >= 0.3 is 5.69 Å². The van der Waals surface area contributed by atoms with Crippen LogP contribution < -0.4 is 19.8 Å². The number of nitro benzene ring substituents is 1. The predicted octanol–water partition coefficient (Wildman–Crippen LogP) is 6.73. The molecule has 0 unspecified atom stereocenters. The predicted molar refractivity (Wildman–Crippen MR) is 164 cm³/mol. The fourth-order valence-corrected chi connectivity index (χ4v) is 4.50. The van der Waals surface area contributed by atoms with Gasteiger partial charge < -0.3 is 14.2 Å². The van der Waals surface area contributed by atoms with Crippen LogP contribution in [0.4, 0.5) is 5.69 Å². The second kappa shape index (κ2) is 12.0. The number of hydrogen-bond acceptors (Lipinski definition) is 8. The van der Waals surface area contributed by atoms with Gasteiger partial charge in [-0.25, -0.2) is 4.98 Å². The number of ether oxygens (including phenoxy) is 3. The van der Waals surface area contributed by atoms with Crippen LogP contribution in [0.25, 0.3) is 22.3 Å². The number of nitrogens with zero attached hydrogens (tertiary/aromatic N) is 4. The summed E-state index contributed by atoms with van der Waals surface area (Å²) in [5.74, 6) is 1.46. The van der Waals surface area contributed by atoms with Gasteiger partial charge in [0, 0.05) is 17.2 Å². The second-order valence-electron chi connectivity index (χ2n) is 11.6. The molecule has 0 saturated heterocycles.